The summed E-state index contributed by atoms with van der Waals surface area (Å²) in [5.41, 5.74) is 5.68. The fourth-order valence-electron chi connectivity index (χ4n) is 4.80. The molecule has 1 aromatic carbocycles. The summed E-state index contributed by atoms with van der Waals surface area (Å²) in [6.07, 6.45) is 11.5. The first kappa shape index (κ1) is 15.7. The lowest BCUT2D eigenvalue weighted by Crippen LogP contribution is -2.36. The first-order valence-electron chi connectivity index (χ1n) is 9.43. The van der Waals surface area contributed by atoms with Crippen LogP contribution in [0.15, 0.2) is 30.3 Å². The number of aryl methyl sites for hydroxylation is 1. The van der Waals surface area contributed by atoms with Crippen LogP contribution < -0.4 is 4.57 Å². The minimum absolute atomic E-state index is 0.113. The molecule has 0 unspecified atom stereocenters. The normalized spacial score (nSPS) is 19.7. The van der Waals surface area contributed by atoms with Crippen LogP contribution in [-0.4, -0.2) is 4.57 Å². The minimum Gasteiger partial charge on any atom is -0.202 e. The molecule has 0 saturated heterocycles. The fraction of sp³-hybridized carbons (Fsp3) is 0.500. The van der Waals surface area contributed by atoms with Gasteiger partial charge < -0.3 is 0 Å². The van der Waals surface area contributed by atoms with Gasteiger partial charge in [-0.15, -0.1) is 0 Å². The molecule has 2 heteroatoms. The number of fused-ring (bicyclic) bond motifs is 1. The van der Waals surface area contributed by atoms with Crippen LogP contribution in [0.5, 0.6) is 0 Å². The van der Waals surface area contributed by atoms with Crippen LogP contribution in [0.2, 0.25) is 0 Å². The molecule has 4 rings (SSSR count). The molecule has 0 spiro atoms. The molecule has 24 heavy (non-hydrogen) atoms. The number of aromatic nitrogens is 2. The van der Waals surface area contributed by atoms with Crippen LogP contribution >= 0.6 is 0 Å². The Labute approximate surface area is 145 Å². The van der Waals surface area contributed by atoms with Gasteiger partial charge in [-0.3, -0.25) is 0 Å². The van der Waals surface area contributed by atoms with Crippen molar-refractivity contribution in [2.75, 3.05) is 0 Å². The van der Waals surface area contributed by atoms with Crippen LogP contribution in [0.1, 0.15) is 74.6 Å². The van der Waals surface area contributed by atoms with Crippen LogP contribution in [0.25, 0.3) is 11.9 Å². The fourth-order valence-corrected chi connectivity index (χ4v) is 4.80. The van der Waals surface area contributed by atoms with Gasteiger partial charge in [-0.2, -0.15) is 4.57 Å². The molecule has 126 valence electrons. The Bertz CT molecular complexity index is 802. The lowest BCUT2D eigenvalue weighted by molar-refractivity contribution is -0.584. The zero-order chi connectivity index (χ0) is 16.9. The highest BCUT2D eigenvalue weighted by Crippen LogP contribution is 2.39. The van der Waals surface area contributed by atoms with Gasteiger partial charge in [-0.1, -0.05) is 37.5 Å². The van der Waals surface area contributed by atoms with Crippen molar-refractivity contribution in [1.82, 2.24) is 4.57 Å². The molecule has 2 aliphatic rings. The van der Waals surface area contributed by atoms with Crippen molar-refractivity contribution in [1.29, 1.82) is 0 Å². The smallest absolute Gasteiger partial charge is 0.202 e. The Morgan fingerprint density at radius 3 is 2.46 bits per heavy atom. The van der Waals surface area contributed by atoms with Crippen molar-refractivity contribution in [3.8, 4) is 5.69 Å². The molecular weight excluding hydrogens is 292 g/mol. The van der Waals surface area contributed by atoms with E-state index in [0.29, 0.717) is 5.92 Å². The van der Waals surface area contributed by atoms with Crippen molar-refractivity contribution in [3.05, 3.63) is 53.1 Å². The molecule has 1 aliphatic heterocycles. The van der Waals surface area contributed by atoms with E-state index in [1.807, 2.05) is 0 Å². The number of benzene rings is 1. The summed E-state index contributed by atoms with van der Waals surface area (Å²) in [6.45, 7) is 9.21. The summed E-state index contributed by atoms with van der Waals surface area (Å²) in [5, 5.41) is 0. The number of rotatable bonds is 2. The number of hydrogen-bond donors (Lipinski definition) is 0. The van der Waals surface area contributed by atoms with Crippen LogP contribution in [0.4, 0.5) is 0 Å². The van der Waals surface area contributed by atoms with E-state index in [4.69, 9.17) is 0 Å². The second-order valence-electron chi connectivity index (χ2n) is 8.16. The Hall–Kier alpha value is -1.83. The van der Waals surface area contributed by atoms with Crippen molar-refractivity contribution in [2.24, 2.45) is 0 Å². The number of para-hydroxylation sites is 1. The Morgan fingerprint density at radius 1 is 1.04 bits per heavy atom. The van der Waals surface area contributed by atoms with Crippen LogP contribution in [0.3, 0.4) is 0 Å². The zero-order valence-electron chi connectivity index (χ0n) is 15.5. The highest BCUT2D eigenvalue weighted by atomic mass is 15.2. The van der Waals surface area contributed by atoms with Gasteiger partial charge in [0, 0.05) is 6.92 Å². The summed E-state index contributed by atoms with van der Waals surface area (Å²) < 4.78 is 5.07. The van der Waals surface area contributed by atoms with Gasteiger partial charge in [0.25, 0.3) is 5.82 Å². The third-order valence-electron chi connectivity index (χ3n) is 5.97. The summed E-state index contributed by atoms with van der Waals surface area (Å²) >= 11 is 0. The van der Waals surface area contributed by atoms with Crippen LogP contribution in [-0.2, 0) is 5.41 Å². The minimum atomic E-state index is 0.113. The number of nitrogens with zero attached hydrogens (tertiary/aromatic N) is 2. The second kappa shape index (κ2) is 5.61. The predicted octanol–water partition coefficient (Wildman–Crippen LogP) is 5.19. The monoisotopic (exact) mass is 321 g/mol. The van der Waals surface area contributed by atoms with E-state index < -0.39 is 0 Å². The third-order valence-corrected chi connectivity index (χ3v) is 5.97. The third kappa shape index (κ3) is 2.27. The van der Waals surface area contributed by atoms with E-state index >= 15 is 0 Å². The standard InChI is InChI=1S/C22H29N2/c1-16-10-8-9-13-19(16)24-17(2)20-22(3,4)14-15-23(20)21(24)18-11-6-5-7-12-18/h8-10,13-15,18H,5-7,11-12H2,1-4H3/q+1. The maximum absolute atomic E-state index is 2.56. The number of hydrogen-bond acceptors (Lipinski definition) is 0. The SMILES string of the molecule is Cc1ccccc1-n1c(C)c2[n+](c1C1CCCCC1)C=CC2(C)C. The van der Waals surface area contributed by atoms with Crippen molar-refractivity contribution < 1.29 is 4.57 Å². The summed E-state index contributed by atoms with van der Waals surface area (Å²) in [5.74, 6) is 2.17. The average molecular weight is 321 g/mol. The quantitative estimate of drug-likeness (QED) is 0.673. The highest BCUT2D eigenvalue weighted by Gasteiger charge is 2.42. The molecule has 1 saturated carbocycles. The van der Waals surface area contributed by atoms with Crippen molar-refractivity contribution >= 4 is 6.20 Å². The van der Waals surface area contributed by atoms with Gasteiger partial charge in [-0.25, -0.2) is 4.57 Å². The lowest BCUT2D eigenvalue weighted by atomic mass is 9.88. The average Bonchev–Trinajstić information content (AvgIpc) is 3.04. The van der Waals surface area contributed by atoms with Crippen molar-refractivity contribution in [3.63, 3.8) is 0 Å². The maximum atomic E-state index is 2.56. The molecule has 0 atom stereocenters. The molecule has 0 radical (unpaired) electrons. The molecule has 2 aromatic rings. The first-order chi connectivity index (χ1) is 11.5. The molecule has 0 N–H and O–H groups in total. The van der Waals surface area contributed by atoms with Gasteiger partial charge >= 0.3 is 0 Å². The maximum Gasteiger partial charge on any atom is 0.269 e. The van der Waals surface area contributed by atoms with E-state index in [1.54, 1.807) is 0 Å². The van der Waals surface area contributed by atoms with E-state index in [0.717, 1.165) is 0 Å². The molecule has 2 nitrogen and oxygen atoms in total. The lowest BCUT2D eigenvalue weighted by Gasteiger charge is -2.20. The van der Waals surface area contributed by atoms with Gasteiger partial charge in [-0.05, 0) is 51.3 Å². The van der Waals surface area contributed by atoms with E-state index in [1.165, 1.54) is 60.6 Å². The summed E-state index contributed by atoms with van der Waals surface area (Å²) in [6, 6.07) is 8.82. The molecule has 0 bridgehead atoms. The van der Waals surface area contributed by atoms with Gasteiger partial charge in [0.1, 0.15) is 11.4 Å². The van der Waals surface area contributed by atoms with Crippen molar-refractivity contribution in [2.45, 2.75) is 71.1 Å². The van der Waals surface area contributed by atoms with E-state index in [9.17, 15) is 0 Å². The summed E-state index contributed by atoms with van der Waals surface area (Å²) in [7, 11) is 0. The predicted molar refractivity (Wildman–Crippen MR) is 99.6 cm³/mol. The topological polar surface area (TPSA) is 8.81 Å². The van der Waals surface area contributed by atoms with E-state index in [-0.39, 0.29) is 5.41 Å². The molecular formula is C22H29N2+. The molecule has 0 amide bonds. The highest BCUT2D eigenvalue weighted by molar-refractivity contribution is 5.46. The molecule has 1 aromatic heterocycles. The number of allylic oxidation sites excluding steroid dienone is 1. The largest absolute Gasteiger partial charge is 0.269 e. The number of imidazole rings is 1. The Kier molecular flexibility index (Phi) is 3.67. The van der Waals surface area contributed by atoms with Crippen LogP contribution in [0, 0.1) is 13.8 Å². The Morgan fingerprint density at radius 2 is 1.75 bits per heavy atom. The first-order valence-corrected chi connectivity index (χ1v) is 9.43. The zero-order valence-corrected chi connectivity index (χ0v) is 15.5. The Balaban J connectivity index is 1.99. The molecule has 2 heterocycles. The van der Waals surface area contributed by atoms with Gasteiger partial charge in [0.15, 0.2) is 5.69 Å². The van der Waals surface area contributed by atoms with Gasteiger partial charge in [0.05, 0.1) is 17.5 Å². The molecule has 1 aliphatic carbocycles. The molecule has 1 fully saturated rings. The second-order valence-corrected chi connectivity index (χ2v) is 8.16. The summed E-state index contributed by atoms with van der Waals surface area (Å²) in [4.78, 5) is 0. The van der Waals surface area contributed by atoms with E-state index in [2.05, 4.69) is 73.4 Å². The van der Waals surface area contributed by atoms with Gasteiger partial charge in [0.2, 0.25) is 0 Å².